The Morgan fingerprint density at radius 1 is 0.894 bits per heavy atom. The van der Waals surface area contributed by atoms with Crippen LogP contribution in [0.2, 0.25) is 0 Å². The molecule has 0 aliphatic heterocycles. The summed E-state index contributed by atoms with van der Waals surface area (Å²) in [5.74, 6) is -0.0560. The number of pyridine rings is 1. The summed E-state index contributed by atoms with van der Waals surface area (Å²) in [6.45, 7) is 0. The second kappa shape index (κ2) is 12.4. The number of benzene rings is 3. The van der Waals surface area contributed by atoms with Gasteiger partial charge in [-0.25, -0.2) is 4.98 Å². The highest BCUT2D eigenvalue weighted by molar-refractivity contribution is 7.92. The maximum atomic E-state index is 13.3. The number of hydrogen-bond acceptors (Lipinski definition) is 6. The Bertz CT molecular complexity index is 2150. The third-order valence-electron chi connectivity index (χ3n) is 9.36. The summed E-state index contributed by atoms with van der Waals surface area (Å²) in [7, 11) is 1.86. The third-order valence-corrected chi connectivity index (χ3v) is 11.0. The number of rotatable bonds is 8. The van der Waals surface area contributed by atoms with Gasteiger partial charge in [0.2, 0.25) is 5.09 Å². The van der Waals surface area contributed by atoms with E-state index >= 15 is 0 Å². The molecule has 1 fully saturated rings. The average Bonchev–Trinajstić information content (AvgIpc) is 3.77. The van der Waals surface area contributed by atoms with Gasteiger partial charge in [0.25, 0.3) is 15.9 Å². The second-order valence-electron chi connectivity index (χ2n) is 12.4. The fourth-order valence-electron chi connectivity index (χ4n) is 6.65. The number of fused-ring (bicyclic) bond motifs is 3. The fourth-order valence-corrected chi connectivity index (χ4v) is 7.74. The number of furan rings is 1. The minimum atomic E-state index is -3.89. The van der Waals surface area contributed by atoms with Crippen molar-refractivity contribution in [3.63, 3.8) is 0 Å². The molecule has 0 bridgehead atoms. The number of nitrogens with zero attached hydrogens (tertiary/aromatic N) is 3. The smallest absolute Gasteiger partial charge is 0.297 e. The zero-order chi connectivity index (χ0) is 32.7. The van der Waals surface area contributed by atoms with E-state index in [1.165, 1.54) is 23.7 Å². The minimum Gasteiger partial charge on any atom is -0.451 e. The summed E-state index contributed by atoms with van der Waals surface area (Å²) in [6.07, 6.45) is 7.33. The van der Waals surface area contributed by atoms with Crippen LogP contribution in [-0.4, -0.2) is 62.4 Å². The van der Waals surface area contributed by atoms with E-state index in [1.54, 1.807) is 12.1 Å². The van der Waals surface area contributed by atoms with Crippen molar-refractivity contribution in [3.05, 3.63) is 103 Å². The molecular weight excluding hydrogens is 611 g/mol. The molecule has 3 aromatic carbocycles. The van der Waals surface area contributed by atoms with Gasteiger partial charge in [-0.15, -0.1) is 0 Å². The Hall–Kier alpha value is -4.93. The van der Waals surface area contributed by atoms with Gasteiger partial charge in [0.15, 0.2) is 0 Å². The van der Waals surface area contributed by atoms with Gasteiger partial charge in [0.05, 0.1) is 12.0 Å². The zero-order valence-electron chi connectivity index (χ0n) is 26.6. The van der Waals surface area contributed by atoms with E-state index in [9.17, 15) is 13.2 Å². The number of carbonyl (C=O) groups is 1. The monoisotopic (exact) mass is 647 g/mol. The lowest BCUT2D eigenvalue weighted by Gasteiger charge is -2.33. The van der Waals surface area contributed by atoms with Crippen LogP contribution in [0.3, 0.4) is 0 Å². The Morgan fingerprint density at radius 2 is 1.64 bits per heavy atom. The number of nitrogens with one attached hydrogen (secondary N) is 2. The summed E-state index contributed by atoms with van der Waals surface area (Å²) in [5.41, 5.74) is 6.42. The highest BCUT2D eigenvalue weighted by Gasteiger charge is 2.26. The lowest BCUT2D eigenvalue weighted by atomic mass is 9.90. The first-order valence-electron chi connectivity index (χ1n) is 15.8. The van der Waals surface area contributed by atoms with E-state index in [-0.39, 0.29) is 17.0 Å². The molecule has 0 atom stereocenters. The average molecular weight is 648 g/mol. The molecule has 10 heteroatoms. The van der Waals surface area contributed by atoms with Gasteiger partial charge in [-0.05, 0) is 93.4 Å². The molecule has 1 aliphatic rings. The lowest BCUT2D eigenvalue weighted by molar-refractivity contribution is 0.0916. The minimum absolute atomic E-state index is 0.0560. The van der Waals surface area contributed by atoms with Crippen molar-refractivity contribution in [3.8, 4) is 22.3 Å². The molecule has 1 amide bonds. The van der Waals surface area contributed by atoms with Crippen molar-refractivity contribution < 1.29 is 17.6 Å². The van der Waals surface area contributed by atoms with Crippen molar-refractivity contribution >= 4 is 43.6 Å². The molecule has 6 aromatic rings. The number of H-pyrrole nitrogens is 1. The van der Waals surface area contributed by atoms with Crippen LogP contribution in [0.4, 0.5) is 5.69 Å². The highest BCUT2D eigenvalue weighted by Crippen LogP contribution is 2.41. The van der Waals surface area contributed by atoms with E-state index in [1.807, 2.05) is 60.8 Å². The zero-order valence-corrected chi connectivity index (χ0v) is 27.4. The van der Waals surface area contributed by atoms with Crippen molar-refractivity contribution in [1.29, 1.82) is 0 Å². The van der Waals surface area contributed by atoms with E-state index in [2.05, 4.69) is 41.4 Å². The molecule has 3 heterocycles. The SMILES string of the molecule is CN(C)C1CCC(NC(=O)c2ccc(-c3cnc4[nH]c5ccc(N(C)S(=O)(=O)c6ccco6)cc5c4c3-c3ccccc3)cc2)CC1. The molecule has 0 radical (unpaired) electrons. The summed E-state index contributed by atoms with van der Waals surface area (Å²) in [5, 5.41) is 4.83. The summed E-state index contributed by atoms with van der Waals surface area (Å²) < 4.78 is 33.0. The Labute approximate surface area is 274 Å². The van der Waals surface area contributed by atoms with Gasteiger partial charge in [-0.1, -0.05) is 42.5 Å². The molecule has 47 heavy (non-hydrogen) atoms. The molecule has 240 valence electrons. The number of hydrogen-bond donors (Lipinski definition) is 2. The lowest BCUT2D eigenvalue weighted by Crippen LogP contribution is -2.41. The third kappa shape index (κ3) is 5.79. The van der Waals surface area contributed by atoms with Gasteiger partial charge in [-0.2, -0.15) is 8.42 Å². The van der Waals surface area contributed by atoms with Crippen LogP contribution < -0.4 is 9.62 Å². The molecular formula is C37H37N5O4S. The molecule has 0 unspecified atom stereocenters. The van der Waals surface area contributed by atoms with Crippen LogP contribution >= 0.6 is 0 Å². The Morgan fingerprint density at radius 3 is 2.32 bits per heavy atom. The van der Waals surface area contributed by atoms with Gasteiger partial charge in [-0.3, -0.25) is 9.10 Å². The summed E-state index contributed by atoms with van der Waals surface area (Å²) >= 11 is 0. The highest BCUT2D eigenvalue weighted by atomic mass is 32.2. The maximum Gasteiger partial charge on any atom is 0.297 e. The van der Waals surface area contributed by atoms with Crippen LogP contribution in [-0.2, 0) is 10.0 Å². The number of aromatic amines is 1. The van der Waals surface area contributed by atoms with Crippen LogP contribution in [0.25, 0.3) is 44.2 Å². The predicted octanol–water partition coefficient (Wildman–Crippen LogP) is 7.07. The largest absolute Gasteiger partial charge is 0.451 e. The maximum absolute atomic E-state index is 13.3. The first-order chi connectivity index (χ1) is 22.7. The molecule has 0 saturated heterocycles. The van der Waals surface area contributed by atoms with Gasteiger partial charge < -0.3 is 19.6 Å². The van der Waals surface area contributed by atoms with Crippen LogP contribution in [0.5, 0.6) is 0 Å². The first-order valence-corrected chi connectivity index (χ1v) is 17.2. The van der Waals surface area contributed by atoms with E-state index in [0.717, 1.165) is 64.2 Å². The number of carbonyl (C=O) groups excluding carboxylic acids is 1. The standard InChI is InChI=1S/C37H37N5O4S/c1-41(2)28-17-15-27(16-18-28)39-37(43)26-13-11-24(12-14-26)31-23-38-36-35(34(31)25-8-5-4-6-9-25)30-22-29(19-20-32(30)40-36)42(3)47(44,45)33-10-7-21-46-33/h4-14,19-23,27-28H,15-18H2,1-3H3,(H,38,40)(H,39,43). The number of anilines is 1. The van der Waals surface area contributed by atoms with Crippen molar-refractivity contribution in [2.45, 2.75) is 42.9 Å². The topological polar surface area (TPSA) is 112 Å². The van der Waals surface area contributed by atoms with Crippen molar-refractivity contribution in [1.82, 2.24) is 20.2 Å². The Balaban J connectivity index is 1.26. The molecule has 1 saturated carbocycles. The van der Waals surface area contributed by atoms with Gasteiger partial charge >= 0.3 is 0 Å². The van der Waals surface area contributed by atoms with Crippen molar-refractivity contribution in [2.75, 3.05) is 25.4 Å². The molecule has 9 nitrogen and oxygen atoms in total. The van der Waals surface area contributed by atoms with Crippen LogP contribution in [0.15, 0.2) is 107 Å². The van der Waals surface area contributed by atoms with E-state index < -0.39 is 10.0 Å². The number of sulfonamides is 1. The predicted molar refractivity (Wildman–Crippen MR) is 186 cm³/mol. The summed E-state index contributed by atoms with van der Waals surface area (Å²) in [4.78, 5) is 23.7. The quantitative estimate of drug-likeness (QED) is 0.183. The normalized spacial score (nSPS) is 16.9. The number of aromatic nitrogens is 2. The van der Waals surface area contributed by atoms with Crippen LogP contribution in [0, 0.1) is 0 Å². The Kier molecular flexibility index (Phi) is 8.07. The molecule has 3 aromatic heterocycles. The number of amides is 1. The molecule has 7 rings (SSSR count). The molecule has 2 N–H and O–H groups in total. The van der Waals surface area contributed by atoms with Gasteiger partial charge in [0, 0.05) is 58.3 Å². The van der Waals surface area contributed by atoms with Crippen LogP contribution in [0.1, 0.15) is 36.0 Å². The fraction of sp³-hybridized carbons (Fsp3) is 0.243. The molecule has 0 spiro atoms. The first kappa shape index (κ1) is 30.7. The second-order valence-corrected chi connectivity index (χ2v) is 14.3. The van der Waals surface area contributed by atoms with E-state index in [0.29, 0.717) is 22.9 Å². The van der Waals surface area contributed by atoms with E-state index in [4.69, 9.17) is 9.40 Å². The van der Waals surface area contributed by atoms with Gasteiger partial charge in [0.1, 0.15) is 5.65 Å². The van der Waals surface area contributed by atoms with Crippen molar-refractivity contribution in [2.24, 2.45) is 0 Å². The summed E-state index contributed by atoms with van der Waals surface area (Å²) in [6, 6.07) is 27.0. The molecule has 1 aliphatic carbocycles.